The van der Waals surface area contributed by atoms with Crippen molar-refractivity contribution in [3.05, 3.63) is 82.4 Å². The minimum absolute atomic E-state index is 0.113. The number of likely N-dealkylation sites (N-methyl/N-ethyl adjacent to an activating group) is 1. The lowest BCUT2D eigenvalue weighted by Gasteiger charge is -2.32. The number of fused-ring (bicyclic) bond motifs is 1. The molecule has 0 saturated heterocycles. The van der Waals surface area contributed by atoms with E-state index in [2.05, 4.69) is 0 Å². The number of amides is 1. The third-order valence-corrected chi connectivity index (χ3v) is 5.76. The van der Waals surface area contributed by atoms with Crippen molar-refractivity contribution in [3.63, 3.8) is 0 Å². The van der Waals surface area contributed by atoms with Crippen LogP contribution in [-0.2, 0) is 16.1 Å². The number of ether oxygens (including phenoxy) is 1. The average molecular weight is 463 g/mol. The zero-order chi connectivity index (χ0) is 24.5. The first-order valence-corrected chi connectivity index (χ1v) is 11.6. The zero-order valence-corrected chi connectivity index (χ0v) is 20.5. The standard InChI is InChI=1S/C27H34N4O3/c1-5-24(26-28-23-14-10-9-13-22(23)27(33)31(26)19-20-34-4)30(18-17-29(2)3)25(32)16-15-21-11-7-6-8-12-21/h6-16,24H,5,17-20H2,1-4H3/b16-15+. The molecule has 1 amide bonds. The second-order valence-electron chi connectivity index (χ2n) is 8.44. The summed E-state index contributed by atoms with van der Waals surface area (Å²) in [4.78, 5) is 35.6. The van der Waals surface area contributed by atoms with Crippen molar-refractivity contribution >= 4 is 22.9 Å². The highest BCUT2D eigenvalue weighted by Gasteiger charge is 2.27. The quantitative estimate of drug-likeness (QED) is 0.408. The lowest BCUT2D eigenvalue weighted by atomic mass is 10.1. The molecule has 7 nitrogen and oxygen atoms in total. The van der Waals surface area contributed by atoms with Crippen molar-refractivity contribution < 1.29 is 9.53 Å². The highest BCUT2D eigenvalue weighted by molar-refractivity contribution is 5.92. The normalized spacial score (nSPS) is 12.5. The number of aromatic nitrogens is 2. The maximum absolute atomic E-state index is 13.5. The van der Waals surface area contributed by atoms with Crippen LogP contribution in [0.4, 0.5) is 0 Å². The summed E-state index contributed by atoms with van der Waals surface area (Å²) in [6.45, 7) is 3.97. The molecule has 0 saturated carbocycles. The summed E-state index contributed by atoms with van der Waals surface area (Å²) >= 11 is 0. The fourth-order valence-corrected chi connectivity index (χ4v) is 3.94. The second kappa shape index (κ2) is 12.3. The van der Waals surface area contributed by atoms with Gasteiger partial charge in [0.25, 0.3) is 5.56 Å². The summed E-state index contributed by atoms with van der Waals surface area (Å²) in [5, 5.41) is 0.562. The molecule has 0 N–H and O–H groups in total. The van der Waals surface area contributed by atoms with Crippen molar-refractivity contribution in [3.8, 4) is 0 Å². The molecular formula is C27H34N4O3. The molecule has 34 heavy (non-hydrogen) atoms. The van der Waals surface area contributed by atoms with Crippen LogP contribution in [-0.4, -0.2) is 66.2 Å². The molecule has 1 heterocycles. The van der Waals surface area contributed by atoms with Gasteiger partial charge in [-0.05, 0) is 44.3 Å². The Kier molecular flexibility index (Phi) is 9.13. The van der Waals surface area contributed by atoms with E-state index in [1.165, 1.54) is 0 Å². The predicted molar refractivity (Wildman–Crippen MR) is 137 cm³/mol. The van der Waals surface area contributed by atoms with Crippen molar-refractivity contribution in [1.82, 2.24) is 19.4 Å². The first kappa shape index (κ1) is 25.3. The van der Waals surface area contributed by atoms with Gasteiger partial charge in [0.1, 0.15) is 5.82 Å². The van der Waals surface area contributed by atoms with Gasteiger partial charge in [0, 0.05) is 26.3 Å². The van der Waals surface area contributed by atoms with Gasteiger partial charge in [0.05, 0.1) is 30.1 Å². The number of methoxy groups -OCH3 is 1. The van der Waals surface area contributed by atoms with Crippen molar-refractivity contribution in [2.45, 2.75) is 25.9 Å². The molecule has 1 atom stereocenters. The van der Waals surface area contributed by atoms with E-state index in [0.717, 1.165) is 5.56 Å². The van der Waals surface area contributed by atoms with Gasteiger partial charge in [-0.3, -0.25) is 14.2 Å². The van der Waals surface area contributed by atoms with Crippen LogP contribution < -0.4 is 5.56 Å². The molecule has 0 aliphatic carbocycles. The lowest BCUT2D eigenvalue weighted by molar-refractivity contribution is -0.128. The largest absolute Gasteiger partial charge is 0.383 e. The topological polar surface area (TPSA) is 67.7 Å². The minimum atomic E-state index is -0.359. The Bertz CT molecular complexity index is 1170. The number of hydrogen-bond acceptors (Lipinski definition) is 5. The molecule has 0 bridgehead atoms. The fraction of sp³-hybridized carbons (Fsp3) is 0.370. The summed E-state index contributed by atoms with van der Waals surface area (Å²) < 4.78 is 6.93. The van der Waals surface area contributed by atoms with Crippen LogP contribution in [0.1, 0.15) is 30.8 Å². The lowest BCUT2D eigenvalue weighted by Crippen LogP contribution is -2.41. The molecule has 3 aromatic rings. The molecule has 1 aromatic heterocycles. The van der Waals surface area contributed by atoms with E-state index < -0.39 is 0 Å². The molecule has 2 aromatic carbocycles. The van der Waals surface area contributed by atoms with Crippen molar-refractivity contribution in [2.75, 3.05) is 40.9 Å². The molecule has 0 aliphatic rings. The molecule has 3 rings (SSSR count). The Balaban J connectivity index is 2.07. The van der Waals surface area contributed by atoms with Gasteiger partial charge in [-0.1, -0.05) is 49.4 Å². The van der Waals surface area contributed by atoms with Crippen LogP contribution in [0.3, 0.4) is 0 Å². The van der Waals surface area contributed by atoms with Crippen LogP contribution in [0.2, 0.25) is 0 Å². The first-order chi connectivity index (χ1) is 16.5. The van der Waals surface area contributed by atoms with E-state index in [-0.39, 0.29) is 17.5 Å². The van der Waals surface area contributed by atoms with Crippen molar-refractivity contribution in [2.24, 2.45) is 0 Å². The van der Waals surface area contributed by atoms with Crippen LogP contribution in [0.5, 0.6) is 0 Å². The predicted octanol–water partition coefficient (Wildman–Crippen LogP) is 3.60. The van der Waals surface area contributed by atoms with E-state index in [1.54, 1.807) is 23.8 Å². The van der Waals surface area contributed by atoms with Gasteiger partial charge in [-0.15, -0.1) is 0 Å². The Hall–Kier alpha value is -3.29. The van der Waals surface area contributed by atoms with Crippen LogP contribution >= 0.6 is 0 Å². The van der Waals surface area contributed by atoms with Crippen LogP contribution in [0, 0.1) is 0 Å². The van der Waals surface area contributed by atoms with E-state index >= 15 is 0 Å². The smallest absolute Gasteiger partial charge is 0.261 e. The number of carbonyl (C=O) groups is 1. The van der Waals surface area contributed by atoms with Gasteiger partial charge in [-0.25, -0.2) is 4.98 Å². The highest BCUT2D eigenvalue weighted by atomic mass is 16.5. The molecule has 0 spiro atoms. The SMILES string of the molecule is CCC(c1nc2ccccc2c(=O)n1CCOC)N(CCN(C)C)C(=O)/C=C/c1ccccc1. The minimum Gasteiger partial charge on any atom is -0.383 e. The van der Waals surface area contributed by atoms with Gasteiger partial charge in [0.2, 0.25) is 5.91 Å². The maximum Gasteiger partial charge on any atom is 0.261 e. The molecular weight excluding hydrogens is 428 g/mol. The average Bonchev–Trinajstić information content (AvgIpc) is 2.85. The highest BCUT2D eigenvalue weighted by Crippen LogP contribution is 2.24. The van der Waals surface area contributed by atoms with Crippen LogP contribution in [0.15, 0.2) is 65.5 Å². The Morgan fingerprint density at radius 2 is 1.79 bits per heavy atom. The van der Waals surface area contributed by atoms with Gasteiger partial charge in [-0.2, -0.15) is 0 Å². The summed E-state index contributed by atoms with van der Waals surface area (Å²) in [6.07, 6.45) is 4.05. The van der Waals surface area contributed by atoms with E-state index in [1.807, 2.05) is 85.4 Å². The number of benzene rings is 2. The molecule has 0 aliphatic heterocycles. The van der Waals surface area contributed by atoms with Gasteiger partial charge >= 0.3 is 0 Å². The van der Waals surface area contributed by atoms with Crippen LogP contribution in [0.25, 0.3) is 17.0 Å². The molecule has 0 radical (unpaired) electrons. The summed E-state index contributed by atoms with van der Waals surface area (Å²) in [5.74, 6) is 0.474. The number of nitrogens with zero attached hydrogens (tertiary/aromatic N) is 4. The zero-order valence-electron chi connectivity index (χ0n) is 20.5. The Morgan fingerprint density at radius 1 is 1.09 bits per heavy atom. The number of para-hydroxylation sites is 1. The monoisotopic (exact) mass is 462 g/mol. The third kappa shape index (κ3) is 6.18. The van der Waals surface area contributed by atoms with E-state index in [9.17, 15) is 9.59 Å². The molecule has 7 heteroatoms. The fourth-order valence-electron chi connectivity index (χ4n) is 3.94. The van der Waals surface area contributed by atoms with E-state index in [4.69, 9.17) is 9.72 Å². The number of hydrogen-bond donors (Lipinski definition) is 0. The summed E-state index contributed by atoms with van der Waals surface area (Å²) in [5.41, 5.74) is 1.47. The van der Waals surface area contributed by atoms with Gasteiger partial charge < -0.3 is 14.5 Å². The third-order valence-electron chi connectivity index (χ3n) is 5.76. The maximum atomic E-state index is 13.5. The van der Waals surface area contributed by atoms with E-state index in [0.29, 0.717) is 49.4 Å². The van der Waals surface area contributed by atoms with Crippen molar-refractivity contribution in [1.29, 1.82) is 0 Å². The number of carbonyl (C=O) groups excluding carboxylic acids is 1. The Labute approximate surface area is 201 Å². The number of rotatable bonds is 11. The molecule has 0 fully saturated rings. The first-order valence-electron chi connectivity index (χ1n) is 11.6. The Morgan fingerprint density at radius 3 is 2.47 bits per heavy atom. The molecule has 180 valence electrons. The second-order valence-corrected chi connectivity index (χ2v) is 8.44. The summed E-state index contributed by atoms with van der Waals surface area (Å²) in [7, 11) is 5.57. The summed E-state index contributed by atoms with van der Waals surface area (Å²) in [6, 6.07) is 16.7. The van der Waals surface area contributed by atoms with Gasteiger partial charge in [0.15, 0.2) is 0 Å². The molecule has 1 unspecified atom stereocenters.